The first-order chi connectivity index (χ1) is 10.2. The highest BCUT2D eigenvalue weighted by atomic mass is 19.1. The highest BCUT2D eigenvalue weighted by Crippen LogP contribution is 2.22. The Kier molecular flexibility index (Phi) is 3.62. The maximum atomic E-state index is 13.4. The number of hydrogen-bond acceptors (Lipinski definition) is 2. The molecule has 0 bridgehead atoms. The van der Waals surface area contributed by atoms with E-state index in [1.54, 1.807) is 19.2 Å². The standard InChI is InChI=1S/C17H17FN2O/c1-21-17-5-2-12(8-14(17)10-19)11-20-7-6-13-3-4-15(18)9-16(13)20/h2-9H,10-11,19H2,1H3. The Morgan fingerprint density at radius 3 is 2.76 bits per heavy atom. The molecule has 1 heterocycles. The first-order valence-electron chi connectivity index (χ1n) is 6.81. The zero-order chi connectivity index (χ0) is 14.8. The van der Waals surface area contributed by atoms with E-state index in [2.05, 4.69) is 0 Å². The molecule has 21 heavy (non-hydrogen) atoms. The number of nitrogens with zero attached hydrogens (tertiary/aromatic N) is 1. The van der Waals surface area contributed by atoms with Crippen LogP contribution in [-0.4, -0.2) is 11.7 Å². The van der Waals surface area contributed by atoms with Crippen molar-refractivity contribution in [2.45, 2.75) is 13.1 Å². The Morgan fingerprint density at radius 2 is 2.00 bits per heavy atom. The van der Waals surface area contributed by atoms with E-state index in [1.165, 1.54) is 6.07 Å². The minimum Gasteiger partial charge on any atom is -0.496 e. The molecule has 0 atom stereocenters. The molecule has 3 rings (SSSR count). The smallest absolute Gasteiger partial charge is 0.125 e. The maximum absolute atomic E-state index is 13.4. The minimum atomic E-state index is -0.222. The first kappa shape index (κ1) is 13.6. The topological polar surface area (TPSA) is 40.2 Å². The molecule has 0 saturated heterocycles. The number of fused-ring (bicyclic) bond motifs is 1. The van der Waals surface area contributed by atoms with Crippen LogP contribution in [0, 0.1) is 5.82 Å². The van der Waals surface area contributed by atoms with Crippen molar-refractivity contribution in [3.8, 4) is 5.75 Å². The lowest BCUT2D eigenvalue weighted by Crippen LogP contribution is -2.03. The fourth-order valence-electron chi connectivity index (χ4n) is 2.58. The van der Waals surface area contributed by atoms with Gasteiger partial charge in [0.05, 0.1) is 12.6 Å². The summed E-state index contributed by atoms with van der Waals surface area (Å²) in [5.41, 5.74) is 8.71. The van der Waals surface area contributed by atoms with Gasteiger partial charge in [-0.3, -0.25) is 0 Å². The third-order valence-electron chi connectivity index (χ3n) is 3.65. The Balaban J connectivity index is 1.96. The third kappa shape index (κ3) is 2.62. The highest BCUT2D eigenvalue weighted by Gasteiger charge is 2.06. The van der Waals surface area contributed by atoms with E-state index in [-0.39, 0.29) is 5.82 Å². The van der Waals surface area contributed by atoms with Crippen molar-refractivity contribution in [3.05, 3.63) is 65.6 Å². The van der Waals surface area contributed by atoms with Crippen LogP contribution in [0.25, 0.3) is 10.9 Å². The normalized spacial score (nSPS) is 11.0. The molecule has 0 fully saturated rings. The lowest BCUT2D eigenvalue weighted by Gasteiger charge is -2.11. The van der Waals surface area contributed by atoms with Crippen molar-refractivity contribution in [1.82, 2.24) is 4.57 Å². The lowest BCUT2D eigenvalue weighted by molar-refractivity contribution is 0.409. The predicted octanol–water partition coefficient (Wildman–Crippen LogP) is 3.30. The van der Waals surface area contributed by atoms with Crippen LogP contribution in [-0.2, 0) is 13.1 Å². The summed E-state index contributed by atoms with van der Waals surface area (Å²) in [4.78, 5) is 0. The summed E-state index contributed by atoms with van der Waals surface area (Å²) in [7, 11) is 1.64. The van der Waals surface area contributed by atoms with Crippen molar-refractivity contribution < 1.29 is 9.13 Å². The quantitative estimate of drug-likeness (QED) is 0.798. The molecule has 4 heteroatoms. The molecule has 2 aromatic carbocycles. The van der Waals surface area contributed by atoms with Crippen LogP contribution in [0.15, 0.2) is 48.7 Å². The molecule has 0 unspecified atom stereocenters. The number of benzene rings is 2. The number of halogens is 1. The maximum Gasteiger partial charge on any atom is 0.125 e. The van der Waals surface area contributed by atoms with Crippen molar-refractivity contribution in [1.29, 1.82) is 0 Å². The number of methoxy groups -OCH3 is 1. The van der Waals surface area contributed by atoms with E-state index in [4.69, 9.17) is 10.5 Å². The third-order valence-corrected chi connectivity index (χ3v) is 3.65. The molecule has 3 nitrogen and oxygen atoms in total. The van der Waals surface area contributed by atoms with Crippen LogP contribution >= 0.6 is 0 Å². The summed E-state index contributed by atoms with van der Waals surface area (Å²) < 4.78 is 20.7. The molecular formula is C17H17FN2O. The molecule has 2 N–H and O–H groups in total. The van der Waals surface area contributed by atoms with E-state index in [0.29, 0.717) is 13.1 Å². The number of hydrogen-bond donors (Lipinski definition) is 1. The van der Waals surface area contributed by atoms with Crippen LogP contribution in [0.2, 0.25) is 0 Å². The summed E-state index contributed by atoms with van der Waals surface area (Å²) in [6.07, 6.45) is 1.97. The fraction of sp³-hybridized carbons (Fsp3) is 0.176. The molecule has 0 amide bonds. The van der Waals surface area contributed by atoms with Crippen LogP contribution in [0.3, 0.4) is 0 Å². The van der Waals surface area contributed by atoms with Crippen molar-refractivity contribution in [3.63, 3.8) is 0 Å². The van der Waals surface area contributed by atoms with Gasteiger partial charge < -0.3 is 15.0 Å². The van der Waals surface area contributed by atoms with E-state index < -0.39 is 0 Å². The van der Waals surface area contributed by atoms with Gasteiger partial charge in [0, 0.05) is 24.8 Å². The van der Waals surface area contributed by atoms with Gasteiger partial charge in [0.25, 0.3) is 0 Å². The van der Waals surface area contributed by atoms with E-state index in [0.717, 1.165) is 27.8 Å². The van der Waals surface area contributed by atoms with Gasteiger partial charge in [0.1, 0.15) is 11.6 Å². The predicted molar refractivity (Wildman–Crippen MR) is 81.9 cm³/mol. The lowest BCUT2D eigenvalue weighted by atomic mass is 10.1. The highest BCUT2D eigenvalue weighted by molar-refractivity contribution is 5.80. The molecule has 0 aliphatic rings. The molecule has 108 valence electrons. The number of nitrogens with two attached hydrogens (primary N) is 1. The van der Waals surface area contributed by atoms with Gasteiger partial charge in [-0.25, -0.2) is 4.39 Å². The second kappa shape index (κ2) is 5.58. The summed E-state index contributed by atoms with van der Waals surface area (Å²) in [5, 5.41) is 1.03. The van der Waals surface area contributed by atoms with Gasteiger partial charge in [-0.05, 0) is 47.3 Å². The average Bonchev–Trinajstić information content (AvgIpc) is 2.89. The van der Waals surface area contributed by atoms with Crippen LogP contribution in [0.5, 0.6) is 5.75 Å². The van der Waals surface area contributed by atoms with Gasteiger partial charge in [-0.2, -0.15) is 0 Å². The molecule has 1 aromatic heterocycles. The molecule has 0 aliphatic carbocycles. The monoisotopic (exact) mass is 284 g/mol. The van der Waals surface area contributed by atoms with Gasteiger partial charge in [0.2, 0.25) is 0 Å². The van der Waals surface area contributed by atoms with Gasteiger partial charge >= 0.3 is 0 Å². The molecule has 0 aliphatic heterocycles. The van der Waals surface area contributed by atoms with Crippen LogP contribution < -0.4 is 10.5 Å². The molecular weight excluding hydrogens is 267 g/mol. The summed E-state index contributed by atoms with van der Waals surface area (Å²) in [6.45, 7) is 1.10. The van der Waals surface area contributed by atoms with Crippen molar-refractivity contribution in [2.24, 2.45) is 5.73 Å². The largest absolute Gasteiger partial charge is 0.496 e. The number of ether oxygens (including phenoxy) is 1. The number of aromatic nitrogens is 1. The summed E-state index contributed by atoms with van der Waals surface area (Å²) >= 11 is 0. The van der Waals surface area contributed by atoms with Gasteiger partial charge in [0.15, 0.2) is 0 Å². The van der Waals surface area contributed by atoms with Crippen molar-refractivity contribution >= 4 is 10.9 Å². The molecule has 0 radical (unpaired) electrons. The van der Waals surface area contributed by atoms with E-state index >= 15 is 0 Å². The second-order valence-corrected chi connectivity index (χ2v) is 5.00. The summed E-state index contributed by atoms with van der Waals surface area (Å²) in [5.74, 6) is 0.574. The Bertz CT molecular complexity index is 780. The van der Waals surface area contributed by atoms with Crippen LogP contribution in [0.4, 0.5) is 4.39 Å². The van der Waals surface area contributed by atoms with Crippen LogP contribution in [0.1, 0.15) is 11.1 Å². The fourth-order valence-corrected chi connectivity index (χ4v) is 2.58. The first-order valence-corrected chi connectivity index (χ1v) is 6.81. The molecule has 0 spiro atoms. The Labute approximate surface area is 122 Å². The zero-order valence-corrected chi connectivity index (χ0v) is 11.8. The van der Waals surface area contributed by atoms with E-state index in [1.807, 2.05) is 35.0 Å². The SMILES string of the molecule is COc1ccc(Cn2ccc3ccc(F)cc32)cc1CN. The minimum absolute atomic E-state index is 0.222. The average molecular weight is 284 g/mol. The Hall–Kier alpha value is -2.33. The number of rotatable bonds is 4. The molecule has 0 saturated carbocycles. The Morgan fingerprint density at radius 1 is 1.14 bits per heavy atom. The van der Waals surface area contributed by atoms with Gasteiger partial charge in [-0.1, -0.05) is 6.07 Å². The second-order valence-electron chi connectivity index (χ2n) is 5.00. The van der Waals surface area contributed by atoms with Gasteiger partial charge in [-0.15, -0.1) is 0 Å². The summed E-state index contributed by atoms with van der Waals surface area (Å²) in [6, 6.07) is 12.8. The molecule has 3 aromatic rings. The zero-order valence-electron chi connectivity index (χ0n) is 11.8. The van der Waals surface area contributed by atoms with Crippen molar-refractivity contribution in [2.75, 3.05) is 7.11 Å². The van der Waals surface area contributed by atoms with E-state index in [9.17, 15) is 4.39 Å².